The molecule has 1 aromatic heterocycles. The Balaban J connectivity index is 2.08. The van der Waals surface area contributed by atoms with Crippen LogP contribution in [0, 0.1) is 5.82 Å². The van der Waals surface area contributed by atoms with E-state index in [0.29, 0.717) is 11.2 Å². The molecule has 0 spiro atoms. The van der Waals surface area contributed by atoms with Crippen LogP contribution in [0.1, 0.15) is 0 Å². The van der Waals surface area contributed by atoms with Crippen LogP contribution in [0.3, 0.4) is 0 Å². The summed E-state index contributed by atoms with van der Waals surface area (Å²) in [6, 6.07) is 10.4. The highest BCUT2D eigenvalue weighted by molar-refractivity contribution is 5.81. The van der Waals surface area contributed by atoms with Gasteiger partial charge in [0.2, 0.25) is 5.95 Å². The highest BCUT2D eigenvalue weighted by Crippen LogP contribution is 2.26. The van der Waals surface area contributed by atoms with E-state index in [9.17, 15) is 13.2 Å². The van der Waals surface area contributed by atoms with Crippen LogP contribution < -0.4 is 10.5 Å². The molecule has 108 valence electrons. The van der Waals surface area contributed by atoms with Gasteiger partial charge >= 0.3 is 6.61 Å². The largest absolute Gasteiger partial charge is 0.435 e. The summed E-state index contributed by atoms with van der Waals surface area (Å²) in [7, 11) is 0. The van der Waals surface area contributed by atoms with Crippen molar-refractivity contribution < 1.29 is 17.9 Å². The van der Waals surface area contributed by atoms with Gasteiger partial charge in [0.05, 0.1) is 5.52 Å². The smallest absolute Gasteiger partial charge is 0.387 e. The van der Waals surface area contributed by atoms with Gasteiger partial charge in [-0.1, -0.05) is 6.07 Å². The highest BCUT2D eigenvalue weighted by atomic mass is 19.3. The Morgan fingerprint density at radius 2 is 1.81 bits per heavy atom. The molecule has 0 saturated carbocycles. The number of nitrogens with two attached hydrogens (primary N) is 1. The van der Waals surface area contributed by atoms with Crippen molar-refractivity contribution in [3.05, 3.63) is 48.3 Å². The molecule has 0 unspecified atom stereocenters. The monoisotopic (exact) mass is 293 g/mol. The average molecular weight is 293 g/mol. The van der Waals surface area contributed by atoms with E-state index in [2.05, 4.69) is 9.72 Å². The number of nitrogens with zero attached hydrogens (tertiary/aromatic N) is 2. The minimum atomic E-state index is -2.89. The molecule has 0 aliphatic heterocycles. The fourth-order valence-corrected chi connectivity index (χ4v) is 2.13. The Labute approximate surface area is 117 Å². The van der Waals surface area contributed by atoms with Gasteiger partial charge in [0.15, 0.2) is 5.82 Å². The van der Waals surface area contributed by atoms with Crippen molar-refractivity contribution in [2.75, 3.05) is 5.73 Å². The standard InChI is InChI=1S/C14H10F3N3O/c15-10-2-1-3-11-12(10)19-14(18)20(11)8-4-6-9(7-5-8)21-13(16)17/h1-7,13H,(H2,18,19). The number of ether oxygens (including phenoxy) is 1. The van der Waals surface area contributed by atoms with Gasteiger partial charge in [-0.2, -0.15) is 8.78 Å². The molecule has 4 nitrogen and oxygen atoms in total. The summed E-state index contributed by atoms with van der Waals surface area (Å²) in [5, 5.41) is 0. The minimum Gasteiger partial charge on any atom is -0.435 e. The summed E-state index contributed by atoms with van der Waals surface area (Å²) < 4.78 is 43.7. The van der Waals surface area contributed by atoms with Crippen molar-refractivity contribution in [2.24, 2.45) is 0 Å². The van der Waals surface area contributed by atoms with Gasteiger partial charge in [-0.05, 0) is 36.4 Å². The SMILES string of the molecule is Nc1nc2c(F)cccc2n1-c1ccc(OC(F)F)cc1. The number of alkyl halides is 2. The Morgan fingerprint density at radius 1 is 1.10 bits per heavy atom. The number of hydrogen-bond acceptors (Lipinski definition) is 3. The Hall–Kier alpha value is -2.70. The number of benzene rings is 2. The zero-order chi connectivity index (χ0) is 15.0. The molecule has 2 N–H and O–H groups in total. The molecule has 0 aliphatic carbocycles. The van der Waals surface area contributed by atoms with Gasteiger partial charge < -0.3 is 10.5 Å². The van der Waals surface area contributed by atoms with Crippen LogP contribution in [0.2, 0.25) is 0 Å². The number of halogens is 3. The number of fused-ring (bicyclic) bond motifs is 1. The van der Waals surface area contributed by atoms with Crippen LogP contribution in [0.25, 0.3) is 16.7 Å². The molecule has 0 fully saturated rings. The summed E-state index contributed by atoms with van der Waals surface area (Å²) in [5.41, 5.74) is 7.03. The summed E-state index contributed by atoms with van der Waals surface area (Å²) in [5.74, 6) is -0.337. The van der Waals surface area contributed by atoms with Crippen LogP contribution in [-0.4, -0.2) is 16.2 Å². The number of rotatable bonds is 3. The van der Waals surface area contributed by atoms with Crippen LogP contribution >= 0.6 is 0 Å². The van der Waals surface area contributed by atoms with Gasteiger partial charge in [0.25, 0.3) is 0 Å². The summed E-state index contributed by atoms with van der Waals surface area (Å²) in [6.45, 7) is -2.89. The van der Waals surface area contributed by atoms with Crippen molar-refractivity contribution in [1.29, 1.82) is 0 Å². The van der Waals surface area contributed by atoms with Gasteiger partial charge in [-0.25, -0.2) is 9.37 Å². The Bertz CT molecular complexity index is 784. The minimum absolute atomic E-state index is 0.0305. The summed E-state index contributed by atoms with van der Waals surface area (Å²) in [6.07, 6.45) is 0. The van der Waals surface area contributed by atoms with E-state index in [1.54, 1.807) is 24.3 Å². The van der Waals surface area contributed by atoms with Crippen molar-refractivity contribution >= 4 is 17.0 Å². The molecule has 0 atom stereocenters. The lowest BCUT2D eigenvalue weighted by molar-refractivity contribution is -0.0498. The predicted molar refractivity (Wildman–Crippen MR) is 72.1 cm³/mol. The third-order valence-electron chi connectivity index (χ3n) is 2.98. The maximum atomic E-state index is 13.7. The lowest BCUT2D eigenvalue weighted by atomic mass is 10.2. The number of imidazole rings is 1. The normalized spacial score (nSPS) is 11.2. The predicted octanol–water partition coefficient (Wildman–Crippen LogP) is 3.35. The molecule has 1 heterocycles. The first kappa shape index (κ1) is 13.3. The number of nitrogen functional groups attached to an aromatic ring is 1. The van der Waals surface area contributed by atoms with Crippen LogP contribution in [0.4, 0.5) is 19.1 Å². The molecule has 21 heavy (non-hydrogen) atoms. The number of anilines is 1. The van der Waals surface area contributed by atoms with Gasteiger partial charge in [0.1, 0.15) is 11.3 Å². The fourth-order valence-electron chi connectivity index (χ4n) is 2.13. The molecule has 0 aliphatic rings. The molecular formula is C14H10F3N3O. The van der Waals surface area contributed by atoms with Crippen molar-refractivity contribution in [3.8, 4) is 11.4 Å². The van der Waals surface area contributed by atoms with E-state index in [1.165, 1.54) is 22.8 Å². The first-order chi connectivity index (χ1) is 10.1. The quantitative estimate of drug-likeness (QED) is 0.805. The van der Waals surface area contributed by atoms with Crippen molar-refractivity contribution in [3.63, 3.8) is 0 Å². The van der Waals surface area contributed by atoms with E-state index in [0.717, 1.165) is 0 Å². The van der Waals surface area contributed by atoms with E-state index in [1.807, 2.05) is 0 Å². The zero-order valence-electron chi connectivity index (χ0n) is 10.6. The van der Waals surface area contributed by atoms with E-state index < -0.39 is 12.4 Å². The molecular weight excluding hydrogens is 283 g/mol. The second kappa shape index (κ2) is 5.01. The lowest BCUT2D eigenvalue weighted by Gasteiger charge is -2.08. The van der Waals surface area contributed by atoms with Crippen LogP contribution in [0.5, 0.6) is 5.75 Å². The maximum Gasteiger partial charge on any atom is 0.387 e. The van der Waals surface area contributed by atoms with Crippen LogP contribution in [0.15, 0.2) is 42.5 Å². The first-order valence-electron chi connectivity index (χ1n) is 6.04. The van der Waals surface area contributed by atoms with Crippen molar-refractivity contribution in [1.82, 2.24) is 9.55 Å². The number of hydrogen-bond donors (Lipinski definition) is 1. The second-order valence-electron chi connectivity index (χ2n) is 4.29. The number of aromatic nitrogens is 2. The highest BCUT2D eigenvalue weighted by Gasteiger charge is 2.13. The first-order valence-corrected chi connectivity index (χ1v) is 6.04. The fraction of sp³-hybridized carbons (Fsp3) is 0.0714. The third kappa shape index (κ3) is 2.37. The molecule has 2 aromatic carbocycles. The molecule has 0 saturated heterocycles. The summed E-state index contributed by atoms with van der Waals surface area (Å²) in [4.78, 5) is 3.97. The molecule has 3 aromatic rings. The topological polar surface area (TPSA) is 53.1 Å². The van der Waals surface area contributed by atoms with Gasteiger partial charge in [0, 0.05) is 5.69 Å². The molecule has 3 rings (SSSR count). The molecule has 0 bridgehead atoms. The number of para-hydroxylation sites is 1. The summed E-state index contributed by atoms with van der Waals surface area (Å²) >= 11 is 0. The molecule has 7 heteroatoms. The maximum absolute atomic E-state index is 13.7. The molecule has 0 radical (unpaired) electrons. The van der Waals surface area contributed by atoms with E-state index in [-0.39, 0.29) is 17.2 Å². The van der Waals surface area contributed by atoms with Gasteiger partial charge in [-0.15, -0.1) is 0 Å². The zero-order valence-corrected chi connectivity index (χ0v) is 10.6. The molecule has 0 amide bonds. The van der Waals surface area contributed by atoms with E-state index in [4.69, 9.17) is 5.73 Å². The van der Waals surface area contributed by atoms with Crippen molar-refractivity contribution in [2.45, 2.75) is 6.61 Å². The van der Waals surface area contributed by atoms with E-state index >= 15 is 0 Å². The lowest BCUT2D eigenvalue weighted by Crippen LogP contribution is -2.03. The average Bonchev–Trinajstić information content (AvgIpc) is 2.77. The van der Waals surface area contributed by atoms with Crippen LogP contribution in [-0.2, 0) is 0 Å². The Kier molecular flexibility index (Phi) is 3.17. The second-order valence-corrected chi connectivity index (χ2v) is 4.29. The third-order valence-corrected chi connectivity index (χ3v) is 2.98. The Morgan fingerprint density at radius 3 is 2.48 bits per heavy atom. The van der Waals surface area contributed by atoms with Gasteiger partial charge in [-0.3, -0.25) is 4.57 Å².